The highest BCUT2D eigenvalue weighted by Gasteiger charge is 2.35. The molecule has 0 saturated heterocycles. The number of amides is 1. The zero-order chi connectivity index (χ0) is 20.9. The molecule has 2 rings (SSSR count). The lowest BCUT2D eigenvalue weighted by molar-refractivity contribution is -0.385. The number of hydrogen-bond acceptors (Lipinski definition) is 5. The van der Waals surface area contributed by atoms with Gasteiger partial charge in [0.25, 0.3) is 11.6 Å². The summed E-state index contributed by atoms with van der Waals surface area (Å²) in [5.74, 6) is 0.165. The van der Waals surface area contributed by atoms with Gasteiger partial charge in [-0.05, 0) is 23.8 Å². The first-order valence-corrected chi connectivity index (χ1v) is 8.09. The van der Waals surface area contributed by atoms with Gasteiger partial charge < -0.3 is 15.0 Å². The molecule has 0 aromatic heterocycles. The summed E-state index contributed by atoms with van der Waals surface area (Å²) >= 11 is 0. The molecule has 2 aromatic carbocycles. The van der Waals surface area contributed by atoms with Gasteiger partial charge in [0.05, 0.1) is 10.5 Å². The molecule has 28 heavy (non-hydrogen) atoms. The van der Waals surface area contributed by atoms with E-state index in [1.54, 1.807) is 38.4 Å². The number of nitrogens with zero attached hydrogens (tertiary/aromatic N) is 2. The van der Waals surface area contributed by atoms with Crippen LogP contribution in [0.3, 0.4) is 0 Å². The van der Waals surface area contributed by atoms with Crippen LogP contribution < -0.4 is 10.1 Å². The van der Waals surface area contributed by atoms with Crippen LogP contribution in [0.4, 0.5) is 24.5 Å². The number of alkyl halides is 3. The Morgan fingerprint density at radius 3 is 2.54 bits per heavy atom. The molecule has 0 radical (unpaired) electrons. The maximum absolute atomic E-state index is 13.2. The van der Waals surface area contributed by atoms with Gasteiger partial charge in [0, 0.05) is 38.5 Å². The second-order valence-corrected chi connectivity index (χ2v) is 6.06. The molecule has 10 heteroatoms. The van der Waals surface area contributed by atoms with Gasteiger partial charge in [-0.15, -0.1) is 0 Å². The highest BCUT2D eigenvalue weighted by molar-refractivity contribution is 5.77. The Labute approximate surface area is 158 Å². The highest BCUT2D eigenvalue weighted by atomic mass is 19.4. The van der Waals surface area contributed by atoms with E-state index < -0.39 is 22.4 Å². The topological polar surface area (TPSA) is 84.7 Å². The average Bonchev–Trinajstić information content (AvgIpc) is 2.63. The first kappa shape index (κ1) is 21.0. The van der Waals surface area contributed by atoms with Gasteiger partial charge in [-0.1, -0.05) is 12.1 Å². The third-order valence-corrected chi connectivity index (χ3v) is 3.76. The van der Waals surface area contributed by atoms with Crippen molar-refractivity contribution in [2.24, 2.45) is 0 Å². The van der Waals surface area contributed by atoms with Gasteiger partial charge >= 0.3 is 6.18 Å². The molecule has 0 spiro atoms. The number of nitrogens with one attached hydrogen (secondary N) is 1. The molecule has 2 aromatic rings. The SMILES string of the molecule is CN(C)C(=O)COc1cccc(CNc2ccc([N+](=O)[O-])cc2C(F)(F)F)c1. The molecule has 0 bridgehead atoms. The molecule has 7 nitrogen and oxygen atoms in total. The lowest BCUT2D eigenvalue weighted by Crippen LogP contribution is -2.27. The lowest BCUT2D eigenvalue weighted by Gasteiger charge is -2.15. The number of hydrogen-bond donors (Lipinski definition) is 1. The highest BCUT2D eigenvalue weighted by Crippen LogP contribution is 2.37. The van der Waals surface area contributed by atoms with Crippen LogP contribution in [0.2, 0.25) is 0 Å². The number of ether oxygens (including phenoxy) is 1. The number of rotatable bonds is 7. The number of carbonyl (C=O) groups excluding carboxylic acids is 1. The summed E-state index contributed by atoms with van der Waals surface area (Å²) < 4.78 is 45.0. The van der Waals surface area contributed by atoms with Crippen molar-refractivity contribution < 1.29 is 27.6 Å². The summed E-state index contributed by atoms with van der Waals surface area (Å²) in [6.07, 6.45) is -4.74. The van der Waals surface area contributed by atoms with Gasteiger partial charge in [-0.3, -0.25) is 14.9 Å². The largest absolute Gasteiger partial charge is 0.484 e. The van der Waals surface area contributed by atoms with Gasteiger partial charge in [-0.2, -0.15) is 13.2 Å². The monoisotopic (exact) mass is 397 g/mol. The molecule has 0 unspecified atom stereocenters. The predicted octanol–water partition coefficient (Wildman–Crippen LogP) is 3.69. The van der Waals surface area contributed by atoms with E-state index >= 15 is 0 Å². The van der Waals surface area contributed by atoms with Crippen LogP contribution in [0.5, 0.6) is 5.75 Å². The number of nitro groups is 1. The minimum absolute atomic E-state index is 0.0275. The van der Waals surface area contributed by atoms with Crippen LogP contribution >= 0.6 is 0 Å². The summed E-state index contributed by atoms with van der Waals surface area (Å²) in [5, 5.41) is 13.4. The summed E-state index contributed by atoms with van der Waals surface area (Å²) in [4.78, 5) is 22.8. The number of halogens is 3. The fourth-order valence-corrected chi connectivity index (χ4v) is 2.25. The second-order valence-electron chi connectivity index (χ2n) is 6.06. The third-order valence-electron chi connectivity index (χ3n) is 3.76. The Hall–Kier alpha value is -3.30. The fourth-order valence-electron chi connectivity index (χ4n) is 2.25. The van der Waals surface area contributed by atoms with Crippen molar-refractivity contribution in [3.05, 3.63) is 63.7 Å². The number of likely N-dealkylation sites (N-methyl/N-ethyl adjacent to an activating group) is 1. The fraction of sp³-hybridized carbons (Fsp3) is 0.278. The van der Waals surface area contributed by atoms with Crippen molar-refractivity contribution in [3.8, 4) is 5.75 Å². The van der Waals surface area contributed by atoms with Gasteiger partial charge in [0.2, 0.25) is 0 Å². The van der Waals surface area contributed by atoms with Crippen LogP contribution in [0.25, 0.3) is 0 Å². The second kappa shape index (κ2) is 8.59. The zero-order valence-corrected chi connectivity index (χ0v) is 15.1. The first-order valence-electron chi connectivity index (χ1n) is 8.09. The van der Waals surface area contributed by atoms with Crippen LogP contribution in [0.1, 0.15) is 11.1 Å². The van der Waals surface area contributed by atoms with Crippen LogP contribution in [-0.4, -0.2) is 36.4 Å². The maximum Gasteiger partial charge on any atom is 0.418 e. The van der Waals surface area contributed by atoms with Crippen molar-refractivity contribution in [1.82, 2.24) is 4.90 Å². The van der Waals surface area contributed by atoms with E-state index in [1.807, 2.05) is 0 Å². The minimum Gasteiger partial charge on any atom is -0.484 e. The molecule has 0 fully saturated rings. The van der Waals surface area contributed by atoms with Crippen molar-refractivity contribution in [3.63, 3.8) is 0 Å². The molecule has 0 aliphatic rings. The molecule has 1 N–H and O–H groups in total. The Kier molecular flexibility index (Phi) is 6.45. The molecule has 150 valence electrons. The summed E-state index contributed by atoms with van der Waals surface area (Å²) in [6, 6.07) is 9.06. The van der Waals surface area contributed by atoms with E-state index in [1.165, 1.54) is 4.90 Å². The molecule has 1 amide bonds. The van der Waals surface area contributed by atoms with Crippen molar-refractivity contribution in [2.75, 3.05) is 26.0 Å². The maximum atomic E-state index is 13.2. The molecule has 0 aliphatic carbocycles. The van der Waals surface area contributed by atoms with E-state index in [9.17, 15) is 28.1 Å². The van der Waals surface area contributed by atoms with Crippen LogP contribution in [0.15, 0.2) is 42.5 Å². The standard InChI is InChI=1S/C18H18F3N3O4/c1-23(2)17(25)11-28-14-5-3-4-12(8-14)10-22-16-7-6-13(24(26)27)9-15(16)18(19,20)21/h3-9,22H,10-11H2,1-2H3. The van der Waals surface area contributed by atoms with Gasteiger partial charge in [-0.25, -0.2) is 0 Å². The van der Waals surface area contributed by atoms with E-state index in [4.69, 9.17) is 4.74 Å². The van der Waals surface area contributed by atoms with E-state index in [2.05, 4.69) is 5.32 Å². The van der Waals surface area contributed by atoms with Gasteiger partial charge in [0.1, 0.15) is 5.75 Å². The number of carbonyl (C=O) groups is 1. The smallest absolute Gasteiger partial charge is 0.418 e. The first-order chi connectivity index (χ1) is 13.1. The van der Waals surface area contributed by atoms with E-state index in [0.29, 0.717) is 17.4 Å². The molecule has 0 aliphatic heterocycles. The van der Waals surface area contributed by atoms with Gasteiger partial charge in [0.15, 0.2) is 6.61 Å². The van der Waals surface area contributed by atoms with Crippen LogP contribution in [-0.2, 0) is 17.5 Å². The zero-order valence-electron chi connectivity index (χ0n) is 15.1. The Balaban J connectivity index is 2.13. The molecular weight excluding hydrogens is 379 g/mol. The number of anilines is 1. The van der Waals surface area contributed by atoms with Crippen molar-refractivity contribution >= 4 is 17.3 Å². The number of nitro benzene ring substituents is 1. The van der Waals surface area contributed by atoms with E-state index in [-0.39, 0.29) is 24.7 Å². The third kappa shape index (κ3) is 5.60. The molecule has 0 heterocycles. The minimum atomic E-state index is -4.74. The number of benzene rings is 2. The van der Waals surface area contributed by atoms with Crippen LogP contribution in [0, 0.1) is 10.1 Å². The Morgan fingerprint density at radius 2 is 1.93 bits per heavy atom. The quantitative estimate of drug-likeness (QED) is 0.569. The normalized spacial score (nSPS) is 11.0. The lowest BCUT2D eigenvalue weighted by atomic mass is 10.1. The summed E-state index contributed by atoms with van der Waals surface area (Å²) in [5.41, 5.74) is -1.42. The molecule has 0 atom stereocenters. The predicted molar refractivity (Wildman–Crippen MR) is 96.1 cm³/mol. The number of non-ortho nitro benzene ring substituents is 1. The summed E-state index contributed by atoms with van der Waals surface area (Å²) in [6.45, 7) is -0.135. The Bertz CT molecular complexity index is 869. The van der Waals surface area contributed by atoms with Crippen molar-refractivity contribution in [1.29, 1.82) is 0 Å². The Morgan fingerprint density at radius 1 is 1.21 bits per heavy atom. The van der Waals surface area contributed by atoms with Crippen molar-refractivity contribution in [2.45, 2.75) is 12.7 Å². The summed E-state index contributed by atoms with van der Waals surface area (Å²) in [7, 11) is 3.18. The average molecular weight is 397 g/mol. The van der Waals surface area contributed by atoms with E-state index in [0.717, 1.165) is 12.1 Å². The molecule has 0 saturated carbocycles. The molecular formula is C18H18F3N3O4.